The van der Waals surface area contributed by atoms with Crippen LogP contribution >= 0.6 is 24.0 Å². The van der Waals surface area contributed by atoms with E-state index in [-0.39, 0.29) is 35.5 Å². The molecule has 0 amide bonds. The number of aliphatic hydroxyl groups is 1. The Hall–Kier alpha value is -1.02. The molecule has 3 unspecified atom stereocenters. The normalized spacial score (nSPS) is 28.3. The summed E-state index contributed by atoms with van der Waals surface area (Å²) in [6.07, 6.45) is 5.08. The Balaban J connectivity index is 0.00000243. The fourth-order valence-electron chi connectivity index (χ4n) is 3.94. The van der Waals surface area contributed by atoms with Gasteiger partial charge >= 0.3 is 0 Å². The molecule has 1 aliphatic heterocycles. The van der Waals surface area contributed by atoms with Gasteiger partial charge in [0.25, 0.3) is 0 Å². The highest BCUT2D eigenvalue weighted by molar-refractivity contribution is 14.0. The first kappa shape index (κ1) is 21.3. The summed E-state index contributed by atoms with van der Waals surface area (Å²) in [6.45, 7) is 4.52. The lowest BCUT2D eigenvalue weighted by Gasteiger charge is -2.39. The predicted octanol–water partition coefficient (Wildman–Crippen LogP) is 3.28. The molecule has 1 aromatic carbocycles. The van der Waals surface area contributed by atoms with Crippen LogP contribution in [0.4, 0.5) is 0 Å². The van der Waals surface area contributed by atoms with Crippen LogP contribution in [0.2, 0.25) is 0 Å². The maximum absolute atomic E-state index is 10.3. The maximum atomic E-state index is 10.3. The number of nitrogens with zero attached hydrogens (tertiary/aromatic N) is 1. The van der Waals surface area contributed by atoms with Crippen LogP contribution in [0.15, 0.2) is 29.3 Å². The van der Waals surface area contributed by atoms with E-state index in [9.17, 15) is 5.11 Å². The number of fused-ring (bicyclic) bond motifs is 1. The highest BCUT2D eigenvalue weighted by atomic mass is 127. The van der Waals surface area contributed by atoms with Gasteiger partial charge in [-0.3, -0.25) is 4.99 Å². The predicted molar refractivity (Wildman–Crippen MR) is 117 cm³/mol. The van der Waals surface area contributed by atoms with Crippen molar-refractivity contribution < 1.29 is 9.84 Å². The van der Waals surface area contributed by atoms with E-state index in [2.05, 4.69) is 34.7 Å². The molecule has 3 rings (SSSR count). The molecule has 2 aliphatic rings. The lowest BCUT2D eigenvalue weighted by molar-refractivity contribution is 0.00397. The molecule has 1 heterocycles. The number of rotatable bonds is 4. The molecule has 0 spiro atoms. The van der Waals surface area contributed by atoms with Crippen LogP contribution in [0.5, 0.6) is 5.75 Å². The Kier molecular flexibility index (Phi) is 8.01. The molecule has 1 aromatic rings. The maximum Gasteiger partial charge on any atom is 0.191 e. The fraction of sp³-hybridized carbons (Fsp3) is 0.650. The zero-order valence-corrected chi connectivity index (χ0v) is 18.2. The van der Waals surface area contributed by atoms with Crippen molar-refractivity contribution in [3.05, 3.63) is 29.8 Å². The number of aliphatic hydroxyl groups excluding tert-OH is 1. The molecule has 146 valence electrons. The van der Waals surface area contributed by atoms with Gasteiger partial charge in [-0.15, -0.1) is 24.0 Å². The van der Waals surface area contributed by atoms with Crippen LogP contribution in [-0.2, 0) is 0 Å². The standard InChI is InChI=1S/C20H31N3O2.HI/c1-20(11-6-5-9-18(20)24)14-23-19(21-2)22-13-15-10-12-25-17-8-4-3-7-16(15)17;/h3-4,7-8,15,18,24H,5-6,9-14H2,1-2H3,(H2,21,22,23);1H. The van der Waals surface area contributed by atoms with E-state index >= 15 is 0 Å². The summed E-state index contributed by atoms with van der Waals surface area (Å²) in [6, 6.07) is 8.28. The zero-order valence-electron chi connectivity index (χ0n) is 15.8. The minimum atomic E-state index is -0.228. The quantitative estimate of drug-likeness (QED) is 0.357. The number of para-hydroxylation sites is 1. The average Bonchev–Trinajstić information content (AvgIpc) is 2.64. The number of aliphatic imine (C=N–C) groups is 1. The first-order valence-electron chi connectivity index (χ1n) is 9.47. The smallest absolute Gasteiger partial charge is 0.191 e. The van der Waals surface area contributed by atoms with Gasteiger partial charge in [0.05, 0.1) is 12.7 Å². The van der Waals surface area contributed by atoms with Crippen molar-refractivity contribution >= 4 is 29.9 Å². The third-order valence-corrected chi connectivity index (χ3v) is 5.76. The van der Waals surface area contributed by atoms with Gasteiger partial charge in [0.15, 0.2) is 5.96 Å². The zero-order chi connectivity index (χ0) is 17.7. The van der Waals surface area contributed by atoms with Crippen molar-refractivity contribution in [3.63, 3.8) is 0 Å². The molecule has 1 fully saturated rings. The highest BCUT2D eigenvalue weighted by Crippen LogP contribution is 2.35. The highest BCUT2D eigenvalue weighted by Gasteiger charge is 2.35. The SMILES string of the molecule is CN=C(NCC1CCOc2ccccc21)NCC1(C)CCCCC1O.I. The van der Waals surface area contributed by atoms with Crippen LogP contribution < -0.4 is 15.4 Å². The van der Waals surface area contributed by atoms with Gasteiger partial charge in [0.1, 0.15) is 5.75 Å². The minimum absolute atomic E-state index is 0. The number of ether oxygens (including phenoxy) is 1. The summed E-state index contributed by atoms with van der Waals surface area (Å²) in [4.78, 5) is 4.35. The minimum Gasteiger partial charge on any atom is -0.493 e. The van der Waals surface area contributed by atoms with Crippen molar-refractivity contribution in [2.75, 3.05) is 26.7 Å². The molecule has 0 aromatic heterocycles. The molecule has 1 aliphatic carbocycles. The van der Waals surface area contributed by atoms with Crippen molar-refractivity contribution in [2.45, 2.75) is 51.0 Å². The third-order valence-electron chi connectivity index (χ3n) is 5.76. The van der Waals surface area contributed by atoms with E-state index in [1.807, 2.05) is 12.1 Å². The topological polar surface area (TPSA) is 65.9 Å². The lowest BCUT2D eigenvalue weighted by Crippen LogP contribution is -2.49. The van der Waals surface area contributed by atoms with Gasteiger partial charge in [-0.05, 0) is 30.9 Å². The van der Waals surface area contributed by atoms with E-state index in [0.717, 1.165) is 57.1 Å². The van der Waals surface area contributed by atoms with E-state index in [1.165, 1.54) is 12.0 Å². The van der Waals surface area contributed by atoms with Crippen molar-refractivity contribution in [1.29, 1.82) is 0 Å². The Morgan fingerprint density at radius 1 is 1.27 bits per heavy atom. The number of halogens is 1. The van der Waals surface area contributed by atoms with Gasteiger partial charge in [0, 0.05) is 31.5 Å². The van der Waals surface area contributed by atoms with Crippen LogP contribution in [0.3, 0.4) is 0 Å². The van der Waals surface area contributed by atoms with Crippen molar-refractivity contribution in [3.8, 4) is 5.75 Å². The first-order valence-corrected chi connectivity index (χ1v) is 9.47. The van der Waals surface area contributed by atoms with Gasteiger partial charge in [-0.1, -0.05) is 38.0 Å². The molecule has 26 heavy (non-hydrogen) atoms. The van der Waals surface area contributed by atoms with Crippen LogP contribution in [0, 0.1) is 5.41 Å². The summed E-state index contributed by atoms with van der Waals surface area (Å²) < 4.78 is 5.74. The largest absolute Gasteiger partial charge is 0.493 e. The molecule has 0 saturated heterocycles. The molecule has 1 saturated carbocycles. The van der Waals surface area contributed by atoms with E-state index in [0.29, 0.717) is 5.92 Å². The van der Waals surface area contributed by atoms with Gasteiger partial charge in [0.2, 0.25) is 0 Å². The number of nitrogens with one attached hydrogen (secondary N) is 2. The third kappa shape index (κ3) is 5.03. The summed E-state index contributed by atoms with van der Waals surface area (Å²) >= 11 is 0. The van der Waals surface area contributed by atoms with E-state index < -0.39 is 0 Å². The number of benzene rings is 1. The van der Waals surface area contributed by atoms with Crippen LogP contribution in [-0.4, -0.2) is 43.9 Å². The molecule has 0 radical (unpaired) electrons. The summed E-state index contributed by atoms with van der Waals surface area (Å²) in [5.41, 5.74) is 1.20. The molecular formula is C20H32IN3O2. The Morgan fingerprint density at radius 2 is 2.08 bits per heavy atom. The number of hydrogen-bond donors (Lipinski definition) is 3. The Labute approximate surface area is 174 Å². The number of guanidine groups is 1. The summed E-state index contributed by atoms with van der Waals surface area (Å²) in [5.74, 6) is 2.24. The average molecular weight is 473 g/mol. The fourth-order valence-corrected chi connectivity index (χ4v) is 3.94. The summed E-state index contributed by atoms with van der Waals surface area (Å²) in [5, 5.41) is 17.2. The second-order valence-corrected chi connectivity index (χ2v) is 7.59. The van der Waals surface area contributed by atoms with Gasteiger partial charge in [-0.25, -0.2) is 0 Å². The molecule has 6 heteroatoms. The molecular weight excluding hydrogens is 441 g/mol. The Bertz CT molecular complexity index is 610. The van der Waals surface area contributed by atoms with Crippen molar-refractivity contribution in [2.24, 2.45) is 10.4 Å². The van der Waals surface area contributed by atoms with Gasteiger partial charge in [-0.2, -0.15) is 0 Å². The molecule has 3 atom stereocenters. The second-order valence-electron chi connectivity index (χ2n) is 7.59. The van der Waals surface area contributed by atoms with E-state index in [1.54, 1.807) is 7.05 Å². The molecule has 5 nitrogen and oxygen atoms in total. The van der Waals surface area contributed by atoms with Gasteiger partial charge < -0.3 is 20.5 Å². The Morgan fingerprint density at radius 3 is 2.85 bits per heavy atom. The number of hydrogen-bond acceptors (Lipinski definition) is 3. The molecule has 3 N–H and O–H groups in total. The van der Waals surface area contributed by atoms with E-state index in [4.69, 9.17) is 4.74 Å². The monoisotopic (exact) mass is 473 g/mol. The lowest BCUT2D eigenvalue weighted by atomic mass is 9.73. The first-order chi connectivity index (χ1) is 12.1. The molecule has 0 bridgehead atoms. The van der Waals surface area contributed by atoms with Crippen molar-refractivity contribution in [1.82, 2.24) is 10.6 Å². The van der Waals surface area contributed by atoms with Crippen LogP contribution in [0.1, 0.15) is 50.5 Å². The second kappa shape index (κ2) is 9.78. The van der Waals surface area contributed by atoms with Crippen LogP contribution in [0.25, 0.3) is 0 Å². The summed E-state index contributed by atoms with van der Waals surface area (Å²) in [7, 11) is 1.80.